The summed E-state index contributed by atoms with van der Waals surface area (Å²) in [5, 5.41) is 3.23. The van der Waals surface area contributed by atoms with Crippen LogP contribution < -0.4 is 5.32 Å². The van der Waals surface area contributed by atoms with Gasteiger partial charge >= 0.3 is 0 Å². The lowest BCUT2D eigenvalue weighted by Gasteiger charge is -2.41. The zero-order valence-corrected chi connectivity index (χ0v) is 19.4. The van der Waals surface area contributed by atoms with Crippen molar-refractivity contribution in [2.75, 3.05) is 26.2 Å². The van der Waals surface area contributed by atoms with Crippen LogP contribution in [-0.4, -0.2) is 58.8 Å². The molecule has 0 radical (unpaired) electrons. The summed E-state index contributed by atoms with van der Waals surface area (Å²) in [4.78, 5) is 34.1. The standard InChI is InChI=1S/C25H31ClN4O2/c1-18-4-3-13-30(17-18)22-11-14-29(15-12-22)25(32)20-9-7-19(8-10-20)24(31)27-16-21-5-2-6-23(26)28-21/h2,5-10,18,22H,3-4,11-17H2,1H3,(H,27,31). The number of halogens is 1. The van der Waals surface area contributed by atoms with Gasteiger partial charge in [0.15, 0.2) is 0 Å². The van der Waals surface area contributed by atoms with Gasteiger partial charge in [0.05, 0.1) is 12.2 Å². The fourth-order valence-corrected chi connectivity index (χ4v) is 4.94. The van der Waals surface area contributed by atoms with Crippen LogP contribution in [0.4, 0.5) is 0 Å². The molecule has 2 amide bonds. The second kappa shape index (κ2) is 10.5. The molecule has 1 aromatic heterocycles. The van der Waals surface area contributed by atoms with Gasteiger partial charge in [-0.1, -0.05) is 24.6 Å². The Labute approximate surface area is 195 Å². The number of piperidine rings is 2. The summed E-state index contributed by atoms with van der Waals surface area (Å²) in [6.45, 7) is 6.61. The van der Waals surface area contributed by atoms with Gasteiger partial charge in [0.2, 0.25) is 0 Å². The first-order valence-electron chi connectivity index (χ1n) is 11.5. The van der Waals surface area contributed by atoms with Gasteiger partial charge in [0, 0.05) is 36.8 Å². The second-order valence-corrected chi connectivity index (χ2v) is 9.36. The normalized spacial score (nSPS) is 20.2. The number of nitrogens with zero attached hydrogens (tertiary/aromatic N) is 3. The van der Waals surface area contributed by atoms with E-state index in [0.29, 0.717) is 34.6 Å². The average molecular weight is 455 g/mol. The minimum Gasteiger partial charge on any atom is -0.346 e. The summed E-state index contributed by atoms with van der Waals surface area (Å²) in [6.07, 6.45) is 4.70. The predicted octanol–water partition coefficient (Wildman–Crippen LogP) is 4.00. The topological polar surface area (TPSA) is 65.5 Å². The SMILES string of the molecule is CC1CCCN(C2CCN(C(=O)c3ccc(C(=O)NCc4cccc(Cl)n4)cc3)CC2)C1. The molecule has 32 heavy (non-hydrogen) atoms. The Morgan fingerprint density at radius 2 is 1.75 bits per heavy atom. The molecule has 1 aromatic carbocycles. The Hall–Kier alpha value is -2.44. The van der Waals surface area contributed by atoms with Crippen molar-refractivity contribution in [3.8, 4) is 0 Å². The van der Waals surface area contributed by atoms with Crippen LogP contribution in [0.1, 0.15) is 59.0 Å². The molecule has 2 aliphatic heterocycles. The van der Waals surface area contributed by atoms with E-state index in [1.807, 2.05) is 11.0 Å². The molecule has 7 heteroatoms. The molecular formula is C25H31ClN4O2. The summed E-state index contributed by atoms with van der Waals surface area (Å²) in [7, 11) is 0. The lowest BCUT2D eigenvalue weighted by atomic mass is 9.95. The van der Waals surface area contributed by atoms with Crippen molar-refractivity contribution < 1.29 is 9.59 Å². The molecule has 0 spiro atoms. The predicted molar refractivity (Wildman–Crippen MR) is 126 cm³/mol. The molecule has 4 rings (SSSR count). The molecule has 2 saturated heterocycles. The van der Waals surface area contributed by atoms with E-state index < -0.39 is 0 Å². The highest BCUT2D eigenvalue weighted by atomic mass is 35.5. The van der Waals surface area contributed by atoms with Gasteiger partial charge in [-0.2, -0.15) is 0 Å². The van der Waals surface area contributed by atoms with E-state index in [1.165, 1.54) is 25.9 Å². The molecule has 0 aliphatic carbocycles. The first-order valence-corrected chi connectivity index (χ1v) is 11.9. The monoisotopic (exact) mass is 454 g/mol. The Kier molecular flexibility index (Phi) is 7.43. The number of amides is 2. The average Bonchev–Trinajstić information content (AvgIpc) is 2.82. The minimum atomic E-state index is -0.206. The molecule has 1 atom stereocenters. The van der Waals surface area contributed by atoms with Crippen LogP contribution in [-0.2, 0) is 6.54 Å². The van der Waals surface area contributed by atoms with Crippen LogP contribution in [0.25, 0.3) is 0 Å². The number of aromatic nitrogens is 1. The molecule has 3 heterocycles. The molecular weight excluding hydrogens is 424 g/mol. The maximum absolute atomic E-state index is 12.9. The van der Waals surface area contributed by atoms with Crippen molar-refractivity contribution in [1.82, 2.24) is 20.1 Å². The zero-order chi connectivity index (χ0) is 22.5. The first kappa shape index (κ1) is 22.7. The van der Waals surface area contributed by atoms with Gasteiger partial charge in [0.1, 0.15) is 5.15 Å². The van der Waals surface area contributed by atoms with Crippen LogP contribution >= 0.6 is 11.6 Å². The number of likely N-dealkylation sites (tertiary alicyclic amines) is 2. The maximum Gasteiger partial charge on any atom is 0.253 e. The Morgan fingerprint density at radius 1 is 1.03 bits per heavy atom. The van der Waals surface area contributed by atoms with Crippen LogP contribution in [0.3, 0.4) is 0 Å². The lowest BCUT2D eigenvalue weighted by molar-refractivity contribution is 0.0541. The number of hydrogen-bond acceptors (Lipinski definition) is 4. The highest BCUT2D eigenvalue weighted by molar-refractivity contribution is 6.29. The van der Waals surface area contributed by atoms with E-state index in [1.54, 1.807) is 36.4 Å². The summed E-state index contributed by atoms with van der Waals surface area (Å²) in [6, 6.07) is 12.8. The van der Waals surface area contributed by atoms with Gasteiger partial charge < -0.3 is 10.2 Å². The van der Waals surface area contributed by atoms with E-state index >= 15 is 0 Å². The Balaban J connectivity index is 1.28. The van der Waals surface area contributed by atoms with Crippen molar-refractivity contribution in [1.29, 1.82) is 0 Å². The van der Waals surface area contributed by atoms with Crippen molar-refractivity contribution in [3.05, 3.63) is 64.4 Å². The van der Waals surface area contributed by atoms with E-state index in [2.05, 4.69) is 22.1 Å². The molecule has 2 fully saturated rings. The van der Waals surface area contributed by atoms with Crippen LogP contribution in [0, 0.1) is 5.92 Å². The highest BCUT2D eigenvalue weighted by Crippen LogP contribution is 2.24. The zero-order valence-electron chi connectivity index (χ0n) is 18.6. The van der Waals surface area contributed by atoms with Gasteiger partial charge in [-0.05, 0) is 74.5 Å². The molecule has 170 valence electrons. The van der Waals surface area contributed by atoms with E-state index in [9.17, 15) is 9.59 Å². The number of hydrogen-bond donors (Lipinski definition) is 1. The van der Waals surface area contributed by atoms with Crippen LogP contribution in [0.15, 0.2) is 42.5 Å². The fraction of sp³-hybridized carbons (Fsp3) is 0.480. The third kappa shape index (κ3) is 5.67. The lowest BCUT2D eigenvalue weighted by Crippen LogP contribution is -2.49. The van der Waals surface area contributed by atoms with Crippen LogP contribution in [0.5, 0.6) is 0 Å². The molecule has 6 nitrogen and oxygen atoms in total. The number of rotatable bonds is 5. The van der Waals surface area contributed by atoms with Gasteiger partial charge in [-0.25, -0.2) is 4.98 Å². The van der Waals surface area contributed by atoms with E-state index in [4.69, 9.17) is 11.6 Å². The van der Waals surface area contributed by atoms with Gasteiger partial charge in [0.25, 0.3) is 11.8 Å². The van der Waals surface area contributed by atoms with Crippen LogP contribution in [0.2, 0.25) is 5.15 Å². The number of carbonyl (C=O) groups is 2. The number of carbonyl (C=O) groups excluding carboxylic acids is 2. The second-order valence-electron chi connectivity index (χ2n) is 8.98. The summed E-state index contributed by atoms with van der Waals surface area (Å²) in [5.41, 5.74) is 1.84. The number of benzene rings is 1. The van der Waals surface area contributed by atoms with Gasteiger partial charge in [-0.15, -0.1) is 0 Å². The minimum absolute atomic E-state index is 0.0468. The summed E-state index contributed by atoms with van der Waals surface area (Å²) in [5.74, 6) is 0.619. The van der Waals surface area contributed by atoms with E-state index in [-0.39, 0.29) is 11.8 Å². The fourth-order valence-electron chi connectivity index (χ4n) is 4.76. The van der Waals surface area contributed by atoms with Gasteiger partial charge in [-0.3, -0.25) is 14.5 Å². The number of nitrogens with one attached hydrogen (secondary N) is 1. The molecule has 2 aromatic rings. The van der Waals surface area contributed by atoms with E-state index in [0.717, 1.165) is 31.8 Å². The first-order chi connectivity index (χ1) is 15.5. The Bertz CT molecular complexity index is 941. The number of pyridine rings is 1. The largest absolute Gasteiger partial charge is 0.346 e. The van der Waals surface area contributed by atoms with Crippen molar-refractivity contribution >= 4 is 23.4 Å². The van der Waals surface area contributed by atoms with Crippen molar-refractivity contribution in [3.63, 3.8) is 0 Å². The molecule has 1 N–H and O–H groups in total. The molecule has 1 unspecified atom stereocenters. The third-order valence-electron chi connectivity index (χ3n) is 6.55. The Morgan fingerprint density at radius 3 is 2.44 bits per heavy atom. The quantitative estimate of drug-likeness (QED) is 0.693. The summed E-state index contributed by atoms with van der Waals surface area (Å²) < 4.78 is 0. The van der Waals surface area contributed by atoms with Crippen molar-refractivity contribution in [2.45, 2.75) is 45.2 Å². The molecule has 0 bridgehead atoms. The molecule has 2 aliphatic rings. The highest BCUT2D eigenvalue weighted by Gasteiger charge is 2.29. The molecule has 0 saturated carbocycles. The smallest absolute Gasteiger partial charge is 0.253 e. The summed E-state index contributed by atoms with van der Waals surface area (Å²) >= 11 is 5.88. The third-order valence-corrected chi connectivity index (χ3v) is 6.76. The van der Waals surface area contributed by atoms with Crippen molar-refractivity contribution in [2.24, 2.45) is 5.92 Å². The maximum atomic E-state index is 12.9.